The quantitative estimate of drug-likeness (QED) is 0.181. The van der Waals surface area contributed by atoms with Gasteiger partial charge in [-0.2, -0.15) is 10.2 Å². The maximum absolute atomic E-state index is 13.8. The van der Waals surface area contributed by atoms with E-state index in [2.05, 4.69) is 54.8 Å². The van der Waals surface area contributed by atoms with Gasteiger partial charge in [-0.15, -0.1) is 0 Å². The molecule has 230 valence electrons. The first-order valence-corrected chi connectivity index (χ1v) is 17.2. The Morgan fingerprint density at radius 3 is 2.45 bits per heavy atom. The third kappa shape index (κ3) is 6.79. The van der Waals surface area contributed by atoms with E-state index in [1.165, 1.54) is 5.06 Å². The van der Waals surface area contributed by atoms with Crippen molar-refractivity contribution in [2.24, 2.45) is 4.99 Å². The summed E-state index contributed by atoms with van der Waals surface area (Å²) in [5, 5.41) is 8.87. The molecule has 0 aliphatic carbocycles. The molecule has 1 aromatic carbocycles. The molecule has 2 aliphatic heterocycles. The number of rotatable bonds is 9. The van der Waals surface area contributed by atoms with E-state index in [9.17, 15) is 9.59 Å². The van der Waals surface area contributed by atoms with Crippen molar-refractivity contribution in [2.45, 2.75) is 90.5 Å². The lowest BCUT2D eigenvalue weighted by Crippen LogP contribution is -2.50. The Morgan fingerprint density at radius 2 is 1.83 bits per heavy atom. The van der Waals surface area contributed by atoms with Gasteiger partial charge in [0.25, 0.3) is 0 Å². The Morgan fingerprint density at radius 1 is 1.14 bits per heavy atom. The van der Waals surface area contributed by atoms with Crippen molar-refractivity contribution in [2.75, 3.05) is 20.1 Å². The number of fused-ring (bicyclic) bond motifs is 4. The van der Waals surface area contributed by atoms with Gasteiger partial charge >= 0.3 is 12.1 Å². The standard InChI is InChI=1S/C29H45N7O5Si/c1-28(2,3)40-26(37)31-15-16-35-23-21(17-32-35)22-18-34(27(38)36(22)39-19-20-13-11-10-12-14-20)24(23)25(30-7)33-41-42(8,9)29(4,5)6/h10-14,17,22,24H,15-16,18-19H2,1-9H3,(H,30,33)(H,31,37)/t22-,24-/m0/s1. The molecule has 12 nitrogen and oxygen atoms in total. The van der Waals surface area contributed by atoms with Crippen LogP contribution in [0.4, 0.5) is 9.59 Å². The van der Waals surface area contributed by atoms with Crippen LogP contribution in [0.25, 0.3) is 0 Å². The van der Waals surface area contributed by atoms with Crippen molar-refractivity contribution >= 4 is 26.3 Å². The second-order valence-electron chi connectivity index (χ2n) is 13.1. The van der Waals surface area contributed by atoms with Gasteiger partial charge in [0.2, 0.25) is 8.32 Å². The van der Waals surface area contributed by atoms with Crippen LogP contribution in [-0.4, -0.2) is 71.8 Å². The molecule has 42 heavy (non-hydrogen) atoms. The number of amidine groups is 1. The average molecular weight is 600 g/mol. The maximum atomic E-state index is 13.8. The summed E-state index contributed by atoms with van der Waals surface area (Å²) in [4.78, 5) is 38.5. The van der Waals surface area contributed by atoms with Gasteiger partial charge < -0.3 is 19.5 Å². The van der Waals surface area contributed by atoms with E-state index in [-0.39, 0.29) is 30.3 Å². The van der Waals surface area contributed by atoms with Crippen molar-refractivity contribution in [1.82, 2.24) is 30.5 Å². The molecular weight excluding hydrogens is 554 g/mol. The van der Waals surface area contributed by atoms with Crippen molar-refractivity contribution in [3.05, 3.63) is 53.3 Å². The summed E-state index contributed by atoms with van der Waals surface area (Å²) in [6.45, 7) is 17.5. The van der Waals surface area contributed by atoms with Crippen LogP contribution in [0.15, 0.2) is 41.5 Å². The Hall–Kier alpha value is -3.42. The molecule has 2 atom stereocenters. The van der Waals surface area contributed by atoms with E-state index in [1.54, 1.807) is 18.1 Å². The van der Waals surface area contributed by atoms with E-state index < -0.39 is 26.1 Å². The fourth-order valence-corrected chi connectivity index (χ4v) is 5.27. The van der Waals surface area contributed by atoms with Gasteiger partial charge in [0.1, 0.15) is 30.1 Å². The van der Waals surface area contributed by atoms with Gasteiger partial charge in [0, 0.05) is 19.2 Å². The van der Waals surface area contributed by atoms with Crippen molar-refractivity contribution in [3.8, 4) is 0 Å². The summed E-state index contributed by atoms with van der Waals surface area (Å²) in [6.07, 6.45) is 1.27. The van der Waals surface area contributed by atoms with Crippen LogP contribution >= 0.6 is 0 Å². The number of hydrogen-bond donors (Lipinski definition) is 2. The zero-order valence-electron chi connectivity index (χ0n) is 26.2. The fraction of sp³-hybridized carbons (Fsp3) is 0.586. The number of nitrogens with zero attached hydrogens (tertiary/aromatic N) is 5. The Bertz CT molecular complexity index is 1300. The summed E-state index contributed by atoms with van der Waals surface area (Å²) in [7, 11) is -0.528. The van der Waals surface area contributed by atoms with Crippen LogP contribution in [0.2, 0.25) is 18.1 Å². The van der Waals surface area contributed by atoms with Gasteiger partial charge in [0.05, 0.1) is 25.0 Å². The maximum Gasteiger partial charge on any atom is 0.407 e. The molecule has 0 spiro atoms. The molecule has 2 bridgehead atoms. The molecule has 1 fully saturated rings. The number of aromatic nitrogens is 2. The number of aliphatic imine (C=N–C) groups is 1. The second-order valence-corrected chi connectivity index (χ2v) is 17.9. The molecule has 0 saturated carbocycles. The molecule has 1 aromatic heterocycles. The summed E-state index contributed by atoms with van der Waals surface area (Å²) < 4.78 is 13.5. The predicted octanol–water partition coefficient (Wildman–Crippen LogP) is 4.93. The highest BCUT2D eigenvalue weighted by Crippen LogP contribution is 2.44. The normalized spacial score (nSPS) is 19.2. The molecule has 3 amide bonds. The van der Waals surface area contributed by atoms with Crippen LogP contribution in [0, 0.1) is 0 Å². The van der Waals surface area contributed by atoms with E-state index in [0.717, 1.165) is 16.8 Å². The van der Waals surface area contributed by atoms with Crippen LogP contribution in [0.5, 0.6) is 0 Å². The van der Waals surface area contributed by atoms with Crippen LogP contribution in [0.1, 0.15) is 70.4 Å². The summed E-state index contributed by atoms with van der Waals surface area (Å²) in [5.74, 6) is 0.500. The molecule has 2 N–H and O–H groups in total. The number of nitrogens with one attached hydrogen (secondary N) is 2. The van der Waals surface area contributed by atoms with Gasteiger partial charge in [-0.1, -0.05) is 51.1 Å². The number of amides is 3. The van der Waals surface area contributed by atoms with E-state index in [0.29, 0.717) is 18.9 Å². The van der Waals surface area contributed by atoms with Crippen LogP contribution in [0.3, 0.4) is 0 Å². The summed E-state index contributed by atoms with van der Waals surface area (Å²) >= 11 is 0. The second kappa shape index (κ2) is 12.1. The van der Waals surface area contributed by atoms with Gasteiger partial charge in [-0.25, -0.2) is 9.59 Å². The number of benzene rings is 1. The lowest BCUT2D eigenvalue weighted by molar-refractivity contribution is -0.141. The number of hydroxylamine groups is 3. The number of carbonyl (C=O) groups is 2. The highest BCUT2D eigenvalue weighted by Gasteiger charge is 2.52. The third-order valence-corrected chi connectivity index (χ3v) is 12.1. The highest BCUT2D eigenvalue weighted by molar-refractivity contribution is 6.74. The Labute approximate surface area is 249 Å². The average Bonchev–Trinajstić information content (AvgIpc) is 3.43. The topological polar surface area (TPSA) is 123 Å². The van der Waals surface area contributed by atoms with Gasteiger partial charge in [0.15, 0.2) is 0 Å². The van der Waals surface area contributed by atoms with Crippen molar-refractivity contribution < 1.29 is 23.7 Å². The monoisotopic (exact) mass is 599 g/mol. The van der Waals surface area contributed by atoms with E-state index >= 15 is 0 Å². The minimum atomic E-state index is -2.21. The van der Waals surface area contributed by atoms with E-state index in [4.69, 9.17) is 14.1 Å². The molecule has 0 unspecified atom stereocenters. The van der Waals surface area contributed by atoms with Crippen molar-refractivity contribution in [1.29, 1.82) is 0 Å². The first-order valence-electron chi connectivity index (χ1n) is 14.3. The van der Waals surface area contributed by atoms with Crippen LogP contribution in [-0.2, 0) is 27.3 Å². The number of carbonyl (C=O) groups excluding carboxylic acids is 2. The Balaban J connectivity index is 1.62. The predicted molar refractivity (Wildman–Crippen MR) is 162 cm³/mol. The smallest absolute Gasteiger partial charge is 0.407 e. The molecular formula is C29H45N7O5Si. The highest BCUT2D eigenvalue weighted by atomic mass is 28.4. The molecule has 4 rings (SSSR count). The lowest BCUT2D eigenvalue weighted by atomic mass is 9.97. The molecule has 1 saturated heterocycles. The molecule has 2 aromatic rings. The minimum Gasteiger partial charge on any atom is -0.444 e. The zero-order chi connectivity index (χ0) is 30.9. The van der Waals surface area contributed by atoms with Gasteiger partial charge in [-0.3, -0.25) is 20.0 Å². The van der Waals surface area contributed by atoms with Crippen molar-refractivity contribution in [3.63, 3.8) is 0 Å². The SMILES string of the molecule is CN=C(NO[Si](C)(C)C(C)(C)C)[C@@H]1c2c(cnn2CCNC(=O)OC(C)(C)C)[C@@H]2CN1C(=O)N2OCc1ccccc1. The summed E-state index contributed by atoms with van der Waals surface area (Å²) in [5.41, 5.74) is 5.17. The minimum absolute atomic E-state index is 0.0394. The number of hydrogen-bond acceptors (Lipinski definition) is 7. The number of ether oxygens (including phenoxy) is 1. The number of alkyl carbamates (subject to hydrolysis) is 1. The molecule has 13 heteroatoms. The fourth-order valence-electron chi connectivity index (χ4n) is 4.61. The lowest BCUT2D eigenvalue weighted by Gasteiger charge is -2.38. The first-order chi connectivity index (χ1) is 19.6. The van der Waals surface area contributed by atoms with Gasteiger partial charge in [-0.05, 0) is 44.5 Å². The molecule has 0 radical (unpaired) electrons. The third-order valence-electron chi connectivity index (χ3n) is 7.85. The first kappa shape index (κ1) is 31.5. The summed E-state index contributed by atoms with van der Waals surface area (Å²) in [6, 6.07) is 8.54. The Kier molecular flexibility index (Phi) is 9.04. The molecule has 3 heterocycles. The van der Waals surface area contributed by atoms with Crippen LogP contribution < -0.4 is 10.8 Å². The van der Waals surface area contributed by atoms with E-state index in [1.807, 2.05) is 55.8 Å². The largest absolute Gasteiger partial charge is 0.444 e. The number of urea groups is 1. The molecule has 2 aliphatic rings. The zero-order valence-corrected chi connectivity index (χ0v) is 27.2.